The second-order valence-electron chi connectivity index (χ2n) is 5.37. The molecular weight excluding hydrogens is 309 g/mol. The second kappa shape index (κ2) is 6.99. The molecule has 1 heterocycles. The van der Waals surface area contributed by atoms with Crippen molar-refractivity contribution < 1.29 is 9.18 Å². The van der Waals surface area contributed by atoms with Crippen molar-refractivity contribution in [3.05, 3.63) is 65.5 Å². The maximum atomic E-state index is 13.5. The highest BCUT2D eigenvalue weighted by Gasteiger charge is 2.09. The van der Waals surface area contributed by atoms with E-state index in [4.69, 9.17) is 0 Å². The molecule has 0 unspecified atom stereocenters. The van der Waals surface area contributed by atoms with Crippen LogP contribution in [0.3, 0.4) is 0 Å². The monoisotopic (exact) mass is 325 g/mol. The molecule has 3 aromatic rings. The second-order valence-corrected chi connectivity index (χ2v) is 5.37. The number of aromatic nitrogens is 4. The van der Waals surface area contributed by atoms with Crippen LogP contribution in [0.15, 0.2) is 48.5 Å². The highest BCUT2D eigenvalue weighted by molar-refractivity contribution is 5.75. The molecule has 1 amide bonds. The molecule has 0 aliphatic carbocycles. The Morgan fingerprint density at radius 1 is 1.21 bits per heavy atom. The number of nitrogens with one attached hydrogen (secondary N) is 1. The van der Waals surface area contributed by atoms with Gasteiger partial charge in [0.05, 0.1) is 0 Å². The molecule has 24 heavy (non-hydrogen) atoms. The molecule has 2 aromatic carbocycles. The number of hydrogen-bond acceptors (Lipinski definition) is 4. The number of carbonyl (C=O) groups excluding carboxylic acids is 1. The van der Waals surface area contributed by atoms with Gasteiger partial charge >= 0.3 is 0 Å². The van der Waals surface area contributed by atoms with E-state index in [0.29, 0.717) is 17.0 Å². The predicted octanol–water partition coefficient (Wildman–Crippen LogP) is 2.10. The zero-order valence-corrected chi connectivity index (χ0v) is 13.1. The predicted molar refractivity (Wildman–Crippen MR) is 86.2 cm³/mol. The Balaban J connectivity index is 1.57. The van der Waals surface area contributed by atoms with Crippen molar-refractivity contribution in [3.63, 3.8) is 0 Å². The molecule has 1 N–H and O–H groups in total. The lowest BCUT2D eigenvalue weighted by Gasteiger charge is -2.05. The average Bonchev–Trinajstić information content (AvgIpc) is 3.05. The van der Waals surface area contributed by atoms with Gasteiger partial charge in [0.2, 0.25) is 11.7 Å². The van der Waals surface area contributed by atoms with E-state index in [1.165, 1.54) is 10.9 Å². The number of benzene rings is 2. The van der Waals surface area contributed by atoms with E-state index < -0.39 is 0 Å². The lowest BCUT2D eigenvalue weighted by Crippen LogP contribution is -2.28. The number of amides is 1. The summed E-state index contributed by atoms with van der Waals surface area (Å²) in [6, 6.07) is 14.3. The van der Waals surface area contributed by atoms with Crippen molar-refractivity contribution in [2.24, 2.45) is 0 Å². The maximum absolute atomic E-state index is 13.5. The topological polar surface area (TPSA) is 72.7 Å². The smallest absolute Gasteiger partial charge is 0.243 e. The van der Waals surface area contributed by atoms with E-state index in [1.54, 1.807) is 19.1 Å². The maximum Gasteiger partial charge on any atom is 0.243 e. The van der Waals surface area contributed by atoms with Crippen LogP contribution in [0.5, 0.6) is 0 Å². The highest BCUT2D eigenvalue weighted by Crippen LogP contribution is 2.11. The quantitative estimate of drug-likeness (QED) is 0.780. The van der Waals surface area contributed by atoms with E-state index in [-0.39, 0.29) is 24.8 Å². The Morgan fingerprint density at radius 3 is 2.75 bits per heavy atom. The lowest BCUT2D eigenvalue weighted by atomic mass is 10.1. The van der Waals surface area contributed by atoms with Gasteiger partial charge in [-0.05, 0) is 29.3 Å². The minimum atomic E-state index is -0.285. The van der Waals surface area contributed by atoms with Crippen molar-refractivity contribution in [1.29, 1.82) is 0 Å². The minimum Gasteiger partial charge on any atom is -0.350 e. The van der Waals surface area contributed by atoms with Crippen LogP contribution >= 0.6 is 0 Å². The van der Waals surface area contributed by atoms with Crippen molar-refractivity contribution in [3.8, 4) is 11.4 Å². The van der Waals surface area contributed by atoms with Gasteiger partial charge in [0.1, 0.15) is 12.4 Å². The minimum absolute atomic E-state index is 0.0474. The van der Waals surface area contributed by atoms with Gasteiger partial charge in [-0.3, -0.25) is 4.79 Å². The molecule has 3 rings (SSSR count). The molecule has 0 saturated carbocycles. The number of carbonyl (C=O) groups is 1. The third-order valence-corrected chi connectivity index (χ3v) is 3.50. The van der Waals surface area contributed by atoms with Crippen LogP contribution in [0.25, 0.3) is 11.4 Å². The summed E-state index contributed by atoms with van der Waals surface area (Å²) in [5.41, 5.74) is 2.10. The zero-order valence-electron chi connectivity index (χ0n) is 13.1. The summed E-state index contributed by atoms with van der Waals surface area (Å²) in [6.45, 7) is 1.89. The number of tetrazole rings is 1. The van der Waals surface area contributed by atoms with Crippen LogP contribution in [0, 0.1) is 12.7 Å². The van der Waals surface area contributed by atoms with Gasteiger partial charge in [-0.15, -0.1) is 10.2 Å². The summed E-state index contributed by atoms with van der Waals surface area (Å²) < 4.78 is 13.5. The summed E-state index contributed by atoms with van der Waals surface area (Å²) in [7, 11) is 0. The molecule has 0 bridgehead atoms. The summed E-state index contributed by atoms with van der Waals surface area (Å²) in [6.07, 6.45) is 0. The first kappa shape index (κ1) is 15.8. The Bertz CT molecular complexity index is 847. The van der Waals surface area contributed by atoms with Gasteiger partial charge in [0.25, 0.3) is 0 Å². The molecule has 0 fully saturated rings. The third kappa shape index (κ3) is 3.81. The van der Waals surface area contributed by atoms with Crippen molar-refractivity contribution in [2.45, 2.75) is 20.0 Å². The average molecular weight is 325 g/mol. The normalized spacial score (nSPS) is 10.6. The molecule has 1 aromatic heterocycles. The van der Waals surface area contributed by atoms with Gasteiger partial charge in [0, 0.05) is 12.1 Å². The van der Waals surface area contributed by atoms with Crippen LogP contribution in [0.4, 0.5) is 4.39 Å². The van der Waals surface area contributed by atoms with E-state index in [2.05, 4.69) is 20.7 Å². The molecule has 122 valence electrons. The highest BCUT2D eigenvalue weighted by atomic mass is 19.1. The molecular formula is C17H16FN5O. The molecule has 0 aliphatic heterocycles. The van der Waals surface area contributed by atoms with Gasteiger partial charge in [-0.1, -0.05) is 42.5 Å². The molecule has 0 spiro atoms. The Labute approximate surface area is 138 Å². The molecule has 0 atom stereocenters. The Hall–Kier alpha value is -3.09. The Morgan fingerprint density at radius 2 is 2.00 bits per heavy atom. The zero-order chi connectivity index (χ0) is 16.9. The van der Waals surface area contributed by atoms with E-state index >= 15 is 0 Å². The third-order valence-electron chi connectivity index (χ3n) is 3.50. The number of halogens is 1. The molecule has 0 saturated heterocycles. The van der Waals surface area contributed by atoms with E-state index in [0.717, 1.165) is 5.56 Å². The van der Waals surface area contributed by atoms with Gasteiger partial charge in [0.15, 0.2) is 0 Å². The fourth-order valence-corrected chi connectivity index (χ4v) is 2.14. The number of rotatable bonds is 5. The summed E-state index contributed by atoms with van der Waals surface area (Å²) in [5, 5.41) is 14.7. The number of aryl methyl sites for hydroxylation is 1. The lowest BCUT2D eigenvalue weighted by molar-refractivity contribution is -0.122. The van der Waals surface area contributed by atoms with Crippen LogP contribution in [-0.4, -0.2) is 26.1 Å². The van der Waals surface area contributed by atoms with Crippen molar-refractivity contribution >= 4 is 5.91 Å². The first-order valence-corrected chi connectivity index (χ1v) is 7.47. The number of hydrogen-bond donors (Lipinski definition) is 1. The van der Waals surface area contributed by atoms with Gasteiger partial charge in [-0.2, -0.15) is 4.80 Å². The standard InChI is InChI=1S/C17H16FN5O/c1-12-7-8-13(9-15(12)18)10-19-16(24)11-23-21-17(20-22-23)14-5-3-2-4-6-14/h2-9H,10-11H2,1H3,(H,19,24). The van der Waals surface area contributed by atoms with Gasteiger partial charge < -0.3 is 5.32 Å². The fourth-order valence-electron chi connectivity index (χ4n) is 2.14. The van der Waals surface area contributed by atoms with Gasteiger partial charge in [-0.25, -0.2) is 4.39 Å². The first-order valence-electron chi connectivity index (χ1n) is 7.47. The van der Waals surface area contributed by atoms with Crippen LogP contribution in [0.1, 0.15) is 11.1 Å². The van der Waals surface area contributed by atoms with E-state index in [1.807, 2.05) is 30.3 Å². The molecule has 6 nitrogen and oxygen atoms in total. The summed E-state index contributed by atoms with van der Waals surface area (Å²) >= 11 is 0. The Kier molecular flexibility index (Phi) is 4.60. The van der Waals surface area contributed by atoms with Crippen LogP contribution in [0.2, 0.25) is 0 Å². The summed E-state index contributed by atoms with van der Waals surface area (Å²) in [4.78, 5) is 13.2. The molecule has 7 heteroatoms. The van der Waals surface area contributed by atoms with Crippen molar-refractivity contribution in [1.82, 2.24) is 25.5 Å². The van der Waals surface area contributed by atoms with E-state index in [9.17, 15) is 9.18 Å². The number of nitrogens with zero attached hydrogens (tertiary/aromatic N) is 4. The van der Waals surface area contributed by atoms with Crippen LogP contribution in [-0.2, 0) is 17.9 Å². The van der Waals surface area contributed by atoms with Crippen LogP contribution < -0.4 is 5.32 Å². The first-order chi connectivity index (χ1) is 11.6. The van der Waals surface area contributed by atoms with Crippen molar-refractivity contribution in [2.75, 3.05) is 0 Å². The molecule has 0 radical (unpaired) electrons. The SMILES string of the molecule is Cc1ccc(CNC(=O)Cn2nnc(-c3ccccc3)n2)cc1F. The molecule has 0 aliphatic rings. The fraction of sp³-hybridized carbons (Fsp3) is 0.176. The summed E-state index contributed by atoms with van der Waals surface area (Å²) in [5.74, 6) is -0.0933. The largest absolute Gasteiger partial charge is 0.350 e.